The number of methoxy groups -OCH3 is 1. The van der Waals surface area contributed by atoms with Gasteiger partial charge in [0, 0.05) is 37.1 Å². The number of rotatable bonds is 6. The van der Waals surface area contributed by atoms with Crippen LogP contribution in [0.1, 0.15) is 45.6 Å². The van der Waals surface area contributed by atoms with Gasteiger partial charge in [0.05, 0.1) is 12.8 Å². The fourth-order valence-electron chi connectivity index (χ4n) is 3.61. The highest BCUT2D eigenvalue weighted by atomic mass is 16.6. The van der Waals surface area contributed by atoms with Gasteiger partial charge in [-0.3, -0.25) is 5.32 Å². The number of pyridine rings is 1. The molecule has 1 aromatic heterocycles. The van der Waals surface area contributed by atoms with Crippen molar-refractivity contribution in [1.29, 1.82) is 0 Å². The molecule has 0 aliphatic carbocycles. The van der Waals surface area contributed by atoms with Crippen molar-refractivity contribution >= 4 is 29.3 Å². The minimum absolute atomic E-state index is 0.352. The third kappa shape index (κ3) is 7.27. The van der Waals surface area contributed by atoms with E-state index in [0.29, 0.717) is 23.7 Å². The van der Waals surface area contributed by atoms with Gasteiger partial charge >= 0.3 is 12.1 Å². The van der Waals surface area contributed by atoms with Gasteiger partial charge in [-0.25, -0.2) is 14.6 Å². The lowest BCUT2D eigenvalue weighted by Crippen LogP contribution is -2.33. The smallest absolute Gasteiger partial charge is 0.412 e. The van der Waals surface area contributed by atoms with E-state index in [4.69, 9.17) is 9.47 Å². The molecule has 2 heterocycles. The first kappa shape index (κ1) is 24.2. The Morgan fingerprint density at radius 2 is 1.85 bits per heavy atom. The zero-order valence-corrected chi connectivity index (χ0v) is 19.7. The Morgan fingerprint density at radius 3 is 2.55 bits per heavy atom. The largest absolute Gasteiger partial charge is 0.495 e. The standard InChI is InChI=1S/C24H33N5O4/c1-24(2,3)33-23(31)28-19-15-18(10-11-20(19)32-4)27-22(30)26-16-17-9-8-12-25-21(17)29-13-6-5-7-14-29/h8-12,15H,5-7,13-14,16H2,1-4H3,(H,28,31)(H2,26,27,30). The van der Waals surface area contributed by atoms with Gasteiger partial charge in [-0.1, -0.05) is 6.07 Å². The average Bonchev–Trinajstić information content (AvgIpc) is 2.77. The van der Waals surface area contributed by atoms with Gasteiger partial charge in [0.15, 0.2) is 0 Å². The van der Waals surface area contributed by atoms with Crippen LogP contribution >= 0.6 is 0 Å². The van der Waals surface area contributed by atoms with Crippen LogP contribution in [0.5, 0.6) is 5.75 Å². The molecule has 0 atom stereocenters. The molecule has 2 aromatic rings. The number of ether oxygens (including phenoxy) is 2. The molecule has 9 nitrogen and oxygen atoms in total. The molecule has 33 heavy (non-hydrogen) atoms. The van der Waals surface area contributed by atoms with E-state index >= 15 is 0 Å². The first-order valence-electron chi connectivity index (χ1n) is 11.2. The third-order valence-corrected chi connectivity index (χ3v) is 5.06. The van der Waals surface area contributed by atoms with Crippen LogP contribution in [0.25, 0.3) is 0 Å². The molecule has 0 unspecified atom stereocenters. The Kier molecular flexibility index (Phi) is 7.97. The zero-order valence-electron chi connectivity index (χ0n) is 19.7. The first-order chi connectivity index (χ1) is 15.7. The van der Waals surface area contributed by atoms with Crippen molar-refractivity contribution in [2.75, 3.05) is 35.7 Å². The number of carbonyl (C=O) groups excluding carboxylic acids is 2. The van der Waals surface area contributed by atoms with E-state index in [9.17, 15) is 9.59 Å². The van der Waals surface area contributed by atoms with Crippen LogP contribution < -0.4 is 25.6 Å². The van der Waals surface area contributed by atoms with E-state index < -0.39 is 11.7 Å². The van der Waals surface area contributed by atoms with Crippen molar-refractivity contribution in [1.82, 2.24) is 10.3 Å². The Labute approximate surface area is 194 Å². The van der Waals surface area contributed by atoms with Gasteiger partial charge in [-0.15, -0.1) is 0 Å². The molecule has 0 bridgehead atoms. The number of aromatic nitrogens is 1. The molecule has 178 valence electrons. The molecule has 1 aliphatic rings. The molecule has 3 rings (SSSR count). The molecule has 0 radical (unpaired) electrons. The molecule has 1 aliphatic heterocycles. The highest BCUT2D eigenvalue weighted by Crippen LogP contribution is 2.28. The van der Waals surface area contributed by atoms with Crippen molar-refractivity contribution in [2.24, 2.45) is 0 Å². The lowest BCUT2D eigenvalue weighted by Gasteiger charge is -2.29. The van der Waals surface area contributed by atoms with Gasteiger partial charge in [-0.05, 0) is 64.3 Å². The van der Waals surface area contributed by atoms with Gasteiger partial charge in [0.1, 0.15) is 17.2 Å². The number of urea groups is 1. The quantitative estimate of drug-likeness (QED) is 0.581. The second-order valence-electron chi connectivity index (χ2n) is 8.88. The molecule has 3 amide bonds. The lowest BCUT2D eigenvalue weighted by molar-refractivity contribution is 0.0635. The number of piperidine rings is 1. The van der Waals surface area contributed by atoms with Crippen LogP contribution in [0, 0.1) is 0 Å². The fourth-order valence-corrected chi connectivity index (χ4v) is 3.61. The number of benzene rings is 1. The number of nitrogens with one attached hydrogen (secondary N) is 3. The van der Waals surface area contributed by atoms with E-state index in [1.54, 1.807) is 45.2 Å². The van der Waals surface area contributed by atoms with Crippen molar-refractivity contribution in [3.63, 3.8) is 0 Å². The second-order valence-corrected chi connectivity index (χ2v) is 8.88. The van der Waals surface area contributed by atoms with E-state index in [1.807, 2.05) is 12.1 Å². The fraction of sp³-hybridized carbons (Fsp3) is 0.458. The van der Waals surface area contributed by atoms with Gasteiger partial charge < -0.3 is 25.0 Å². The summed E-state index contributed by atoms with van der Waals surface area (Å²) < 4.78 is 10.6. The highest BCUT2D eigenvalue weighted by Gasteiger charge is 2.19. The summed E-state index contributed by atoms with van der Waals surface area (Å²) in [5.74, 6) is 1.37. The maximum atomic E-state index is 12.5. The Morgan fingerprint density at radius 1 is 1.09 bits per heavy atom. The monoisotopic (exact) mass is 455 g/mol. The topological polar surface area (TPSA) is 105 Å². The van der Waals surface area contributed by atoms with Gasteiger partial charge in [0.25, 0.3) is 0 Å². The Balaban J connectivity index is 1.62. The second kappa shape index (κ2) is 10.9. The first-order valence-corrected chi connectivity index (χ1v) is 11.2. The summed E-state index contributed by atoms with van der Waals surface area (Å²) in [5.41, 5.74) is 1.23. The molecule has 3 N–H and O–H groups in total. The SMILES string of the molecule is COc1ccc(NC(=O)NCc2cccnc2N2CCCCC2)cc1NC(=O)OC(C)(C)C. The lowest BCUT2D eigenvalue weighted by atomic mass is 10.1. The van der Waals surface area contributed by atoms with E-state index in [-0.39, 0.29) is 6.03 Å². The number of nitrogens with zero attached hydrogens (tertiary/aromatic N) is 2. The third-order valence-electron chi connectivity index (χ3n) is 5.06. The Hall–Kier alpha value is -3.49. The predicted octanol–water partition coefficient (Wildman–Crippen LogP) is 4.75. The van der Waals surface area contributed by atoms with Crippen molar-refractivity contribution in [3.05, 3.63) is 42.1 Å². The van der Waals surface area contributed by atoms with Crippen LogP contribution in [-0.4, -0.2) is 42.9 Å². The van der Waals surface area contributed by atoms with E-state index in [2.05, 4.69) is 25.8 Å². The summed E-state index contributed by atoms with van der Waals surface area (Å²) >= 11 is 0. The van der Waals surface area contributed by atoms with Crippen LogP contribution in [0.2, 0.25) is 0 Å². The Bertz CT molecular complexity index is 968. The molecule has 1 fully saturated rings. The summed E-state index contributed by atoms with van der Waals surface area (Å²) in [6.45, 7) is 7.66. The summed E-state index contributed by atoms with van der Waals surface area (Å²) in [6.07, 6.45) is 4.72. The highest BCUT2D eigenvalue weighted by molar-refractivity contribution is 5.92. The minimum Gasteiger partial charge on any atom is -0.495 e. The number of carbonyl (C=O) groups is 2. The molecule has 9 heteroatoms. The van der Waals surface area contributed by atoms with E-state index in [0.717, 1.165) is 37.3 Å². The van der Waals surface area contributed by atoms with E-state index in [1.165, 1.54) is 13.5 Å². The molecular formula is C24H33N5O4. The molecular weight excluding hydrogens is 422 g/mol. The maximum absolute atomic E-state index is 12.5. The number of amides is 3. The van der Waals surface area contributed by atoms with Gasteiger partial charge in [-0.2, -0.15) is 0 Å². The number of anilines is 3. The van der Waals surface area contributed by atoms with Crippen molar-refractivity contribution in [3.8, 4) is 5.75 Å². The van der Waals surface area contributed by atoms with Crippen molar-refractivity contribution in [2.45, 2.75) is 52.2 Å². The summed E-state index contributed by atoms with van der Waals surface area (Å²) in [6, 6.07) is 8.47. The number of hydrogen-bond donors (Lipinski definition) is 3. The van der Waals surface area contributed by atoms with Crippen LogP contribution in [-0.2, 0) is 11.3 Å². The number of hydrogen-bond acceptors (Lipinski definition) is 6. The molecule has 0 spiro atoms. The minimum atomic E-state index is -0.633. The molecule has 1 aromatic carbocycles. The summed E-state index contributed by atoms with van der Waals surface area (Å²) in [7, 11) is 1.50. The molecule has 0 saturated carbocycles. The normalized spacial score (nSPS) is 13.8. The zero-order chi connectivity index (χ0) is 23.8. The average molecular weight is 456 g/mol. The maximum Gasteiger partial charge on any atom is 0.412 e. The predicted molar refractivity (Wildman–Crippen MR) is 129 cm³/mol. The summed E-state index contributed by atoms with van der Waals surface area (Å²) in [5, 5.41) is 8.34. The van der Waals surface area contributed by atoms with Crippen molar-refractivity contribution < 1.29 is 19.1 Å². The van der Waals surface area contributed by atoms with Crippen LogP contribution in [0.4, 0.5) is 26.8 Å². The van der Waals surface area contributed by atoms with Crippen LogP contribution in [0.15, 0.2) is 36.5 Å². The van der Waals surface area contributed by atoms with Crippen LogP contribution in [0.3, 0.4) is 0 Å². The molecule has 1 saturated heterocycles. The summed E-state index contributed by atoms with van der Waals surface area (Å²) in [4.78, 5) is 31.5. The van der Waals surface area contributed by atoms with Gasteiger partial charge in [0.2, 0.25) is 0 Å².